The summed E-state index contributed by atoms with van der Waals surface area (Å²) < 4.78 is 6.99. The zero-order valence-corrected chi connectivity index (χ0v) is 32.7. The van der Waals surface area contributed by atoms with Gasteiger partial charge in [0.2, 0.25) is 0 Å². The van der Waals surface area contributed by atoms with Crippen molar-refractivity contribution in [1.82, 2.24) is 0 Å². The topological polar surface area (TPSA) is 19.6 Å². The van der Waals surface area contributed by atoms with Crippen LogP contribution in [-0.2, 0) is 16.2 Å². The monoisotopic (exact) mass is 682 g/mol. The molecule has 52 heavy (non-hydrogen) atoms. The number of hydrogen-bond acceptors (Lipinski definition) is 3. The van der Waals surface area contributed by atoms with Gasteiger partial charge in [0.05, 0.1) is 11.2 Å². The number of para-hydroxylation sites is 1. The van der Waals surface area contributed by atoms with E-state index in [-0.39, 0.29) is 28.6 Å². The summed E-state index contributed by atoms with van der Waals surface area (Å²) >= 11 is 0. The van der Waals surface area contributed by atoms with Gasteiger partial charge < -0.3 is 14.1 Å². The van der Waals surface area contributed by atoms with Gasteiger partial charge in [0.25, 0.3) is 0 Å². The van der Waals surface area contributed by atoms with Crippen LogP contribution in [0.15, 0.2) is 83.3 Å². The second-order valence-electron chi connectivity index (χ2n) is 19.1. The highest BCUT2D eigenvalue weighted by Crippen LogP contribution is 2.63. The molecule has 0 spiro atoms. The zero-order chi connectivity index (χ0) is 36.3. The molecule has 0 bridgehead atoms. The Kier molecular flexibility index (Phi) is 6.30. The lowest BCUT2D eigenvalue weighted by Crippen LogP contribution is -2.65. The van der Waals surface area contributed by atoms with Crippen LogP contribution in [0.2, 0.25) is 0 Å². The molecular weight excluding hydrogens is 631 g/mol. The van der Waals surface area contributed by atoms with E-state index in [2.05, 4.69) is 158 Å². The van der Waals surface area contributed by atoms with E-state index >= 15 is 0 Å². The van der Waals surface area contributed by atoms with E-state index in [1.807, 2.05) is 0 Å². The molecule has 10 rings (SSSR count). The molecule has 5 aromatic carbocycles. The van der Waals surface area contributed by atoms with Crippen LogP contribution < -0.4 is 20.6 Å². The van der Waals surface area contributed by atoms with Gasteiger partial charge in [-0.25, -0.2) is 0 Å². The minimum Gasteiger partial charge on any atom is -0.454 e. The maximum Gasteiger partial charge on any atom is 0.333 e. The summed E-state index contributed by atoms with van der Waals surface area (Å²) in [6.07, 6.45) is 4.97. The molecule has 1 fully saturated rings. The third kappa shape index (κ3) is 3.99. The van der Waals surface area contributed by atoms with Crippen molar-refractivity contribution in [3.05, 3.63) is 107 Å². The second kappa shape index (κ2) is 10.2. The fraction of sp³-hybridized carbons (Fsp3) is 0.375. The molecule has 0 saturated heterocycles. The molecule has 2 unspecified atom stereocenters. The van der Waals surface area contributed by atoms with E-state index in [0.717, 1.165) is 11.2 Å². The Hall–Kier alpha value is -4.44. The summed E-state index contributed by atoms with van der Waals surface area (Å²) in [5, 5.41) is 2.35. The molecule has 0 N–H and O–H groups in total. The van der Waals surface area contributed by atoms with Gasteiger partial charge in [0.1, 0.15) is 5.58 Å². The minimum atomic E-state index is -0.0178. The van der Waals surface area contributed by atoms with E-state index in [0.29, 0.717) is 0 Å². The first-order chi connectivity index (χ1) is 24.6. The van der Waals surface area contributed by atoms with Gasteiger partial charge in [0.15, 0.2) is 5.58 Å². The summed E-state index contributed by atoms with van der Waals surface area (Å²) in [5.41, 5.74) is 19.7. The van der Waals surface area contributed by atoms with E-state index in [1.165, 1.54) is 104 Å². The number of benzene rings is 5. The predicted octanol–water partition coefficient (Wildman–Crippen LogP) is 11.8. The fourth-order valence-electron chi connectivity index (χ4n) is 10.8. The van der Waals surface area contributed by atoms with Crippen molar-refractivity contribution < 1.29 is 4.42 Å². The number of aryl methyl sites for hydroxylation is 2. The quantitative estimate of drug-likeness (QED) is 0.161. The summed E-state index contributed by atoms with van der Waals surface area (Å²) in [4.78, 5) is 5.55. The van der Waals surface area contributed by atoms with Gasteiger partial charge >= 0.3 is 6.85 Å². The van der Waals surface area contributed by atoms with E-state index in [4.69, 9.17) is 4.42 Å². The Balaban J connectivity index is 1.39. The molecule has 3 aliphatic heterocycles. The number of fused-ring (bicyclic) bond motifs is 11. The highest BCUT2D eigenvalue weighted by atomic mass is 16.3. The van der Waals surface area contributed by atoms with Crippen molar-refractivity contribution in [2.75, 3.05) is 9.71 Å². The molecule has 1 aliphatic carbocycles. The SMILES string of the molecule is Cc1cc2c3c(c1)N1c4c(cc(C(C)(C)C)cc4C4(C)CCCCC14C)B3N(c1ccc(C(C)(C)C)cc1C)c1c-2ccc2c1oc1ccccc12. The average Bonchev–Trinajstić information content (AvgIpc) is 3.57. The van der Waals surface area contributed by atoms with Crippen LogP contribution in [0.1, 0.15) is 109 Å². The van der Waals surface area contributed by atoms with Crippen molar-refractivity contribution >= 4 is 62.5 Å². The Morgan fingerprint density at radius 1 is 0.692 bits per heavy atom. The number of furan rings is 1. The third-order valence-electron chi connectivity index (χ3n) is 13.8. The fourth-order valence-corrected chi connectivity index (χ4v) is 10.8. The van der Waals surface area contributed by atoms with E-state index in [9.17, 15) is 0 Å². The Labute approximate surface area is 310 Å². The summed E-state index contributed by atoms with van der Waals surface area (Å²) in [6.45, 7) is 23.9. The van der Waals surface area contributed by atoms with Crippen molar-refractivity contribution in [1.29, 1.82) is 0 Å². The molecule has 1 saturated carbocycles. The Bertz CT molecular complexity index is 2530. The zero-order valence-electron chi connectivity index (χ0n) is 32.7. The van der Waals surface area contributed by atoms with Crippen molar-refractivity contribution in [2.45, 2.75) is 117 Å². The predicted molar refractivity (Wildman–Crippen MR) is 222 cm³/mol. The summed E-state index contributed by atoms with van der Waals surface area (Å²) in [5.74, 6) is 0. The van der Waals surface area contributed by atoms with Crippen molar-refractivity contribution in [3.8, 4) is 11.1 Å². The van der Waals surface area contributed by atoms with Crippen molar-refractivity contribution in [2.24, 2.45) is 0 Å². The summed E-state index contributed by atoms with van der Waals surface area (Å²) in [6, 6.07) is 30.7. The molecule has 4 heterocycles. The minimum absolute atomic E-state index is 0.00441. The molecule has 0 radical (unpaired) electrons. The molecule has 3 nitrogen and oxygen atoms in total. The number of nitrogens with zero attached hydrogens (tertiary/aromatic N) is 2. The third-order valence-corrected chi connectivity index (χ3v) is 13.8. The lowest BCUT2D eigenvalue weighted by molar-refractivity contribution is 0.195. The largest absolute Gasteiger partial charge is 0.454 e. The van der Waals surface area contributed by atoms with Crippen LogP contribution >= 0.6 is 0 Å². The maximum absolute atomic E-state index is 6.99. The van der Waals surface area contributed by atoms with E-state index < -0.39 is 0 Å². The normalized spacial score (nSPS) is 21.8. The molecule has 6 aromatic rings. The van der Waals surface area contributed by atoms with Gasteiger partial charge in [0, 0.05) is 38.8 Å². The van der Waals surface area contributed by atoms with E-state index in [1.54, 1.807) is 5.56 Å². The number of anilines is 4. The van der Waals surface area contributed by atoms with Gasteiger partial charge in [-0.3, -0.25) is 0 Å². The molecule has 1 aromatic heterocycles. The van der Waals surface area contributed by atoms with Gasteiger partial charge in [-0.1, -0.05) is 116 Å². The molecule has 0 amide bonds. The lowest BCUT2D eigenvalue weighted by Gasteiger charge is -2.53. The van der Waals surface area contributed by atoms with Gasteiger partial charge in [-0.2, -0.15) is 0 Å². The number of hydrogen-bond donors (Lipinski definition) is 0. The smallest absolute Gasteiger partial charge is 0.333 e. The maximum atomic E-state index is 6.99. The molecule has 4 heteroatoms. The average molecular weight is 683 g/mol. The molecular formula is C48H51BN2O. The Morgan fingerprint density at radius 2 is 1.44 bits per heavy atom. The van der Waals surface area contributed by atoms with Crippen LogP contribution in [0.3, 0.4) is 0 Å². The standard InChI is InChI=1S/C48H51BN2O/c1-28-23-35-33-18-19-34-32-15-11-12-16-40(32)52-44(34)42(33)51(38-20-17-30(25-29(38)2)45(3,4)5)49-37-27-31(46(6,7)8)26-36-43(37)50(39(24-28)41(35)49)48(10)22-14-13-21-47(36,48)9/h11-12,15-20,23-27H,13-14,21-22H2,1-10H3. The van der Waals surface area contributed by atoms with Crippen LogP contribution in [0.5, 0.6) is 0 Å². The van der Waals surface area contributed by atoms with Gasteiger partial charge in [-0.05, 0) is 113 Å². The van der Waals surface area contributed by atoms with Crippen LogP contribution in [0, 0.1) is 13.8 Å². The summed E-state index contributed by atoms with van der Waals surface area (Å²) in [7, 11) is 0. The first kappa shape index (κ1) is 32.2. The van der Waals surface area contributed by atoms with Crippen LogP contribution in [0.25, 0.3) is 33.1 Å². The first-order valence-electron chi connectivity index (χ1n) is 19.6. The first-order valence-corrected chi connectivity index (χ1v) is 19.6. The molecule has 4 aliphatic rings. The van der Waals surface area contributed by atoms with Crippen molar-refractivity contribution in [3.63, 3.8) is 0 Å². The highest BCUT2D eigenvalue weighted by Gasteiger charge is 2.62. The lowest BCUT2D eigenvalue weighted by atomic mass is 9.43. The Morgan fingerprint density at radius 3 is 2.19 bits per heavy atom. The highest BCUT2D eigenvalue weighted by molar-refractivity contribution is 6.94. The second-order valence-corrected chi connectivity index (χ2v) is 19.1. The molecule has 262 valence electrons. The number of rotatable bonds is 1. The van der Waals surface area contributed by atoms with Crippen LogP contribution in [0.4, 0.5) is 22.7 Å². The van der Waals surface area contributed by atoms with Gasteiger partial charge in [-0.15, -0.1) is 0 Å². The van der Waals surface area contributed by atoms with Crippen LogP contribution in [-0.4, -0.2) is 12.4 Å². The molecule has 2 atom stereocenters.